The summed E-state index contributed by atoms with van der Waals surface area (Å²) in [6.45, 7) is 3.99. The first kappa shape index (κ1) is 12.6. The minimum absolute atomic E-state index is 0.0471. The highest BCUT2D eigenvalue weighted by Gasteiger charge is 2.31. The first-order chi connectivity index (χ1) is 8.03. The Labute approximate surface area is 103 Å². The lowest BCUT2D eigenvalue weighted by molar-refractivity contribution is 0.538. The lowest BCUT2D eigenvalue weighted by atomic mass is 10.2. The normalized spacial score (nSPS) is 18.0. The smallest absolute Gasteiger partial charge is 0.208 e. The lowest BCUT2D eigenvalue weighted by Gasteiger charge is -2.13. The van der Waals surface area contributed by atoms with E-state index in [0.717, 1.165) is 24.8 Å². The standard InChI is InChI=1S/C13H19NO2S/c1-3-11-4-8-13(9-5-11)17(15,16)14-10(2)12-6-7-12/h4-5,8-10,12,14H,3,6-7H2,1-2H3/t10-/m1/s1. The van der Waals surface area contributed by atoms with Crippen molar-refractivity contribution >= 4 is 10.0 Å². The van der Waals surface area contributed by atoms with Gasteiger partial charge in [0.15, 0.2) is 0 Å². The van der Waals surface area contributed by atoms with Crippen LogP contribution < -0.4 is 4.72 Å². The fourth-order valence-corrected chi connectivity index (χ4v) is 3.22. The summed E-state index contributed by atoms with van der Waals surface area (Å²) < 4.78 is 26.9. The van der Waals surface area contributed by atoms with Gasteiger partial charge in [0.05, 0.1) is 4.90 Å². The van der Waals surface area contributed by atoms with Crippen molar-refractivity contribution in [2.45, 2.75) is 44.0 Å². The molecule has 0 aliphatic heterocycles. The zero-order chi connectivity index (χ0) is 12.5. The molecule has 1 fully saturated rings. The number of rotatable bonds is 5. The zero-order valence-electron chi connectivity index (χ0n) is 10.3. The van der Waals surface area contributed by atoms with Crippen molar-refractivity contribution < 1.29 is 8.42 Å². The Kier molecular flexibility index (Phi) is 3.54. The van der Waals surface area contributed by atoms with E-state index in [1.807, 2.05) is 19.1 Å². The summed E-state index contributed by atoms with van der Waals surface area (Å²) in [5.74, 6) is 0.527. The molecule has 0 heterocycles. The van der Waals surface area contributed by atoms with Crippen LogP contribution in [-0.4, -0.2) is 14.5 Å². The highest BCUT2D eigenvalue weighted by molar-refractivity contribution is 7.89. The number of hydrogen-bond donors (Lipinski definition) is 1. The van der Waals surface area contributed by atoms with Crippen molar-refractivity contribution in [3.8, 4) is 0 Å². The Morgan fingerprint density at radius 2 is 1.88 bits per heavy atom. The molecule has 1 atom stereocenters. The van der Waals surface area contributed by atoms with E-state index in [4.69, 9.17) is 0 Å². The second kappa shape index (κ2) is 4.78. The maximum Gasteiger partial charge on any atom is 0.240 e. The average Bonchev–Trinajstić information content (AvgIpc) is 3.12. The van der Waals surface area contributed by atoms with Gasteiger partial charge in [-0.3, -0.25) is 0 Å². The first-order valence-corrected chi connectivity index (χ1v) is 7.62. The van der Waals surface area contributed by atoms with E-state index >= 15 is 0 Å². The van der Waals surface area contributed by atoms with Gasteiger partial charge in [-0.25, -0.2) is 13.1 Å². The second-order valence-corrected chi connectivity index (χ2v) is 6.46. The average molecular weight is 253 g/mol. The minimum Gasteiger partial charge on any atom is -0.208 e. The van der Waals surface area contributed by atoms with E-state index in [9.17, 15) is 8.42 Å². The molecule has 3 nitrogen and oxygen atoms in total. The maximum atomic E-state index is 12.1. The number of hydrogen-bond acceptors (Lipinski definition) is 2. The predicted molar refractivity (Wildman–Crippen MR) is 68.3 cm³/mol. The van der Waals surface area contributed by atoms with Crippen LogP contribution >= 0.6 is 0 Å². The number of sulfonamides is 1. The van der Waals surface area contributed by atoms with Crippen LogP contribution in [-0.2, 0) is 16.4 Å². The van der Waals surface area contributed by atoms with Crippen molar-refractivity contribution in [2.24, 2.45) is 5.92 Å². The molecule has 0 amide bonds. The molecular weight excluding hydrogens is 234 g/mol. The molecule has 1 N–H and O–H groups in total. The van der Waals surface area contributed by atoms with E-state index < -0.39 is 10.0 Å². The molecule has 0 bridgehead atoms. The number of benzene rings is 1. The van der Waals surface area contributed by atoms with E-state index in [-0.39, 0.29) is 6.04 Å². The van der Waals surface area contributed by atoms with Crippen LogP contribution in [0, 0.1) is 5.92 Å². The highest BCUT2D eigenvalue weighted by atomic mass is 32.2. The Morgan fingerprint density at radius 1 is 1.29 bits per heavy atom. The lowest BCUT2D eigenvalue weighted by Crippen LogP contribution is -2.33. The molecule has 0 saturated heterocycles. The SMILES string of the molecule is CCc1ccc(S(=O)(=O)N[C@H](C)C2CC2)cc1. The van der Waals surface area contributed by atoms with Gasteiger partial charge in [0.1, 0.15) is 0 Å². The van der Waals surface area contributed by atoms with Gasteiger partial charge in [-0.05, 0) is 49.8 Å². The van der Waals surface area contributed by atoms with Gasteiger partial charge < -0.3 is 0 Å². The summed E-state index contributed by atoms with van der Waals surface area (Å²) in [5, 5.41) is 0. The van der Waals surface area contributed by atoms with E-state index in [2.05, 4.69) is 11.6 Å². The summed E-state index contributed by atoms with van der Waals surface area (Å²) in [5.41, 5.74) is 1.15. The summed E-state index contributed by atoms with van der Waals surface area (Å²) in [7, 11) is -3.34. The largest absolute Gasteiger partial charge is 0.240 e. The molecule has 94 valence electrons. The second-order valence-electron chi connectivity index (χ2n) is 4.74. The van der Waals surface area contributed by atoms with Gasteiger partial charge in [0.25, 0.3) is 0 Å². The third-order valence-corrected chi connectivity index (χ3v) is 4.89. The number of nitrogens with one attached hydrogen (secondary N) is 1. The van der Waals surface area contributed by atoms with Gasteiger partial charge in [0, 0.05) is 6.04 Å². The van der Waals surface area contributed by atoms with Crippen molar-refractivity contribution in [1.82, 2.24) is 4.72 Å². The Balaban J connectivity index is 2.12. The molecule has 2 rings (SSSR count). The van der Waals surface area contributed by atoms with E-state index in [0.29, 0.717) is 10.8 Å². The monoisotopic (exact) mass is 253 g/mol. The highest BCUT2D eigenvalue weighted by Crippen LogP contribution is 2.33. The first-order valence-electron chi connectivity index (χ1n) is 6.14. The van der Waals surface area contributed by atoms with Gasteiger partial charge in [-0.1, -0.05) is 19.1 Å². The van der Waals surface area contributed by atoms with Crippen LogP contribution in [0.4, 0.5) is 0 Å². The summed E-state index contributed by atoms with van der Waals surface area (Å²) in [6, 6.07) is 7.15. The van der Waals surface area contributed by atoms with Crippen molar-refractivity contribution in [1.29, 1.82) is 0 Å². The van der Waals surface area contributed by atoms with Crippen LogP contribution in [0.5, 0.6) is 0 Å². The van der Waals surface area contributed by atoms with Gasteiger partial charge in [0.2, 0.25) is 10.0 Å². The van der Waals surface area contributed by atoms with Crippen LogP contribution in [0.3, 0.4) is 0 Å². The zero-order valence-corrected chi connectivity index (χ0v) is 11.1. The summed E-state index contributed by atoms with van der Waals surface area (Å²) >= 11 is 0. The van der Waals surface area contributed by atoms with Gasteiger partial charge in [-0.15, -0.1) is 0 Å². The molecule has 4 heteroatoms. The van der Waals surface area contributed by atoms with Crippen LogP contribution in [0.15, 0.2) is 29.2 Å². The Morgan fingerprint density at radius 3 is 2.35 bits per heavy atom. The summed E-state index contributed by atoms with van der Waals surface area (Å²) in [4.78, 5) is 0.363. The van der Waals surface area contributed by atoms with Crippen LogP contribution in [0.25, 0.3) is 0 Å². The molecule has 0 spiro atoms. The topological polar surface area (TPSA) is 46.2 Å². The fourth-order valence-electron chi connectivity index (χ4n) is 1.91. The molecule has 17 heavy (non-hydrogen) atoms. The molecular formula is C13H19NO2S. The Hall–Kier alpha value is -0.870. The van der Waals surface area contributed by atoms with E-state index in [1.54, 1.807) is 12.1 Å². The summed E-state index contributed by atoms with van der Waals surface area (Å²) in [6.07, 6.45) is 3.20. The van der Waals surface area contributed by atoms with Gasteiger partial charge in [-0.2, -0.15) is 0 Å². The molecule has 1 aromatic rings. The Bertz CT molecular complexity index is 475. The van der Waals surface area contributed by atoms with Crippen molar-refractivity contribution in [3.05, 3.63) is 29.8 Å². The van der Waals surface area contributed by atoms with Crippen molar-refractivity contribution in [3.63, 3.8) is 0 Å². The fraction of sp³-hybridized carbons (Fsp3) is 0.538. The van der Waals surface area contributed by atoms with Crippen molar-refractivity contribution in [2.75, 3.05) is 0 Å². The third kappa shape index (κ3) is 3.07. The molecule has 0 radical (unpaired) electrons. The molecule has 0 aromatic heterocycles. The molecule has 1 aliphatic rings. The maximum absolute atomic E-state index is 12.1. The van der Waals surface area contributed by atoms with Crippen LogP contribution in [0.2, 0.25) is 0 Å². The third-order valence-electron chi connectivity index (χ3n) is 3.31. The molecule has 1 aliphatic carbocycles. The van der Waals surface area contributed by atoms with Gasteiger partial charge >= 0.3 is 0 Å². The quantitative estimate of drug-likeness (QED) is 0.875. The minimum atomic E-state index is -3.34. The molecule has 1 aromatic carbocycles. The molecule has 0 unspecified atom stereocenters. The molecule has 1 saturated carbocycles. The van der Waals surface area contributed by atoms with E-state index in [1.165, 1.54) is 0 Å². The van der Waals surface area contributed by atoms with Crippen LogP contribution in [0.1, 0.15) is 32.3 Å². The predicted octanol–water partition coefficient (Wildman–Crippen LogP) is 2.33. The number of aryl methyl sites for hydroxylation is 1.